The van der Waals surface area contributed by atoms with Crippen molar-refractivity contribution in [2.45, 2.75) is 44.9 Å². The van der Waals surface area contributed by atoms with Gasteiger partial charge in [0.1, 0.15) is 6.10 Å². The summed E-state index contributed by atoms with van der Waals surface area (Å²) in [7, 11) is 0. The first-order valence-corrected chi connectivity index (χ1v) is 7.31. The van der Waals surface area contributed by atoms with Gasteiger partial charge in [-0.15, -0.1) is 0 Å². The molecule has 102 valence electrons. The molecule has 1 saturated carbocycles. The van der Waals surface area contributed by atoms with Crippen molar-refractivity contribution in [3.63, 3.8) is 0 Å². The van der Waals surface area contributed by atoms with E-state index in [1.165, 1.54) is 12.8 Å². The molecule has 1 fully saturated rings. The fraction of sp³-hybridized carbons (Fsp3) is 0.538. The van der Waals surface area contributed by atoms with Crippen LogP contribution < -0.4 is 0 Å². The van der Waals surface area contributed by atoms with Gasteiger partial charge in [0.2, 0.25) is 0 Å². The van der Waals surface area contributed by atoms with Crippen LogP contribution in [0.3, 0.4) is 0 Å². The Morgan fingerprint density at radius 3 is 2.74 bits per heavy atom. The number of nitrogens with zero attached hydrogens (tertiary/aromatic N) is 4. The molecule has 1 aliphatic carbocycles. The van der Waals surface area contributed by atoms with Crippen molar-refractivity contribution in [1.82, 2.24) is 19.3 Å². The largest absolute Gasteiger partial charge is 0.380 e. The number of halogens is 1. The average molecular weight is 325 g/mol. The van der Waals surface area contributed by atoms with Gasteiger partial charge in [0, 0.05) is 12.1 Å². The molecule has 0 spiro atoms. The molecule has 2 aromatic rings. The van der Waals surface area contributed by atoms with Gasteiger partial charge in [-0.25, -0.2) is 4.98 Å². The summed E-state index contributed by atoms with van der Waals surface area (Å²) < 4.78 is 4.76. The first-order valence-electron chi connectivity index (χ1n) is 6.52. The van der Waals surface area contributed by atoms with Crippen molar-refractivity contribution in [2.75, 3.05) is 0 Å². The SMILES string of the molecule is CC(C)n1ncc(Br)c1C(O)c1cncn1C1CC1. The van der Waals surface area contributed by atoms with Crippen molar-refractivity contribution >= 4 is 15.9 Å². The highest BCUT2D eigenvalue weighted by molar-refractivity contribution is 9.10. The third kappa shape index (κ3) is 2.23. The van der Waals surface area contributed by atoms with Gasteiger partial charge in [-0.05, 0) is 42.6 Å². The summed E-state index contributed by atoms with van der Waals surface area (Å²) in [6.45, 7) is 4.10. The zero-order valence-corrected chi connectivity index (χ0v) is 12.6. The molecular weight excluding hydrogens is 308 g/mol. The van der Waals surface area contributed by atoms with Crippen molar-refractivity contribution in [1.29, 1.82) is 0 Å². The Morgan fingerprint density at radius 2 is 2.11 bits per heavy atom. The quantitative estimate of drug-likeness (QED) is 0.940. The van der Waals surface area contributed by atoms with Crippen molar-refractivity contribution in [3.8, 4) is 0 Å². The molecule has 1 atom stereocenters. The van der Waals surface area contributed by atoms with E-state index in [0.29, 0.717) is 6.04 Å². The van der Waals surface area contributed by atoms with E-state index >= 15 is 0 Å². The molecule has 19 heavy (non-hydrogen) atoms. The predicted molar refractivity (Wildman–Crippen MR) is 74.9 cm³/mol. The topological polar surface area (TPSA) is 55.9 Å². The molecule has 0 saturated heterocycles. The minimum absolute atomic E-state index is 0.202. The molecule has 5 nitrogen and oxygen atoms in total. The van der Waals surface area contributed by atoms with Crippen LogP contribution in [0.25, 0.3) is 0 Å². The minimum Gasteiger partial charge on any atom is -0.380 e. The first-order chi connectivity index (χ1) is 9.09. The van der Waals surface area contributed by atoms with E-state index in [-0.39, 0.29) is 6.04 Å². The van der Waals surface area contributed by atoms with E-state index in [2.05, 4.69) is 30.6 Å². The Kier molecular flexibility index (Phi) is 3.22. The summed E-state index contributed by atoms with van der Waals surface area (Å²) in [6.07, 6.45) is 6.91. The summed E-state index contributed by atoms with van der Waals surface area (Å²) in [6, 6.07) is 0.703. The number of aromatic nitrogens is 4. The smallest absolute Gasteiger partial charge is 0.138 e. The van der Waals surface area contributed by atoms with E-state index in [4.69, 9.17) is 0 Å². The Balaban J connectivity index is 2.01. The lowest BCUT2D eigenvalue weighted by Crippen LogP contribution is -2.15. The van der Waals surface area contributed by atoms with Gasteiger partial charge < -0.3 is 9.67 Å². The Bertz CT molecular complexity index is 585. The fourth-order valence-electron chi connectivity index (χ4n) is 2.34. The maximum absolute atomic E-state index is 10.7. The molecule has 1 aliphatic rings. The van der Waals surface area contributed by atoms with Crippen LogP contribution in [0, 0.1) is 0 Å². The van der Waals surface area contributed by atoms with Crippen molar-refractivity contribution in [2.24, 2.45) is 0 Å². The second-order valence-electron chi connectivity index (χ2n) is 5.28. The number of imidazole rings is 1. The Labute approximate surface area is 120 Å². The van der Waals surface area contributed by atoms with Crippen LogP contribution in [0.1, 0.15) is 56.3 Å². The Morgan fingerprint density at radius 1 is 1.37 bits per heavy atom. The molecule has 0 aliphatic heterocycles. The molecule has 0 aromatic carbocycles. The molecule has 2 heterocycles. The molecule has 2 aromatic heterocycles. The lowest BCUT2D eigenvalue weighted by atomic mass is 10.2. The second-order valence-corrected chi connectivity index (χ2v) is 6.13. The zero-order valence-electron chi connectivity index (χ0n) is 11.0. The number of aliphatic hydroxyl groups is 1. The number of aliphatic hydroxyl groups excluding tert-OH is 1. The molecule has 0 amide bonds. The van der Waals surface area contributed by atoms with Gasteiger partial charge in [0.05, 0.1) is 34.6 Å². The van der Waals surface area contributed by atoms with E-state index in [1.807, 2.05) is 18.5 Å². The lowest BCUT2D eigenvalue weighted by molar-refractivity contribution is 0.194. The summed E-state index contributed by atoms with van der Waals surface area (Å²) in [5.74, 6) is 0. The summed E-state index contributed by atoms with van der Waals surface area (Å²) >= 11 is 3.48. The van der Waals surface area contributed by atoms with Crippen LogP contribution in [0.15, 0.2) is 23.2 Å². The molecule has 0 radical (unpaired) electrons. The van der Waals surface area contributed by atoms with Crippen LogP contribution in [0.4, 0.5) is 0 Å². The third-order valence-corrected chi connectivity index (χ3v) is 4.06. The highest BCUT2D eigenvalue weighted by Crippen LogP contribution is 2.39. The summed E-state index contributed by atoms with van der Waals surface area (Å²) in [5.41, 5.74) is 1.63. The number of rotatable bonds is 4. The van der Waals surface area contributed by atoms with E-state index in [1.54, 1.807) is 18.7 Å². The first kappa shape index (κ1) is 12.9. The molecule has 1 unspecified atom stereocenters. The zero-order chi connectivity index (χ0) is 13.6. The van der Waals surface area contributed by atoms with Gasteiger partial charge in [-0.2, -0.15) is 5.10 Å². The standard InChI is InChI=1S/C13H17BrN4O/c1-8(2)18-12(10(14)5-16-18)13(19)11-6-15-7-17(11)9-3-4-9/h5-9,13,19H,3-4H2,1-2H3. The predicted octanol–water partition coefficient (Wildman–Crippen LogP) is 2.84. The maximum atomic E-state index is 10.7. The van der Waals surface area contributed by atoms with Crippen LogP contribution >= 0.6 is 15.9 Å². The molecule has 6 heteroatoms. The second kappa shape index (κ2) is 4.76. The highest BCUT2D eigenvalue weighted by atomic mass is 79.9. The number of hydrogen-bond donors (Lipinski definition) is 1. The van der Waals surface area contributed by atoms with Gasteiger partial charge in [-0.3, -0.25) is 4.68 Å². The molecule has 1 N–H and O–H groups in total. The van der Waals surface area contributed by atoms with Crippen LogP contribution in [-0.4, -0.2) is 24.4 Å². The normalized spacial score (nSPS) is 17.1. The van der Waals surface area contributed by atoms with E-state index < -0.39 is 6.10 Å². The average Bonchev–Trinajstić information content (AvgIpc) is 2.96. The molecule has 3 rings (SSSR count). The Hall–Kier alpha value is -1.14. The van der Waals surface area contributed by atoms with Crippen molar-refractivity contribution in [3.05, 3.63) is 34.6 Å². The van der Waals surface area contributed by atoms with Gasteiger partial charge in [0.25, 0.3) is 0 Å². The van der Waals surface area contributed by atoms with Crippen LogP contribution in [0.2, 0.25) is 0 Å². The fourth-order valence-corrected chi connectivity index (χ4v) is 2.83. The monoisotopic (exact) mass is 324 g/mol. The number of hydrogen-bond acceptors (Lipinski definition) is 3. The van der Waals surface area contributed by atoms with Crippen LogP contribution in [-0.2, 0) is 0 Å². The van der Waals surface area contributed by atoms with Gasteiger partial charge >= 0.3 is 0 Å². The van der Waals surface area contributed by atoms with Gasteiger partial charge in [-0.1, -0.05) is 0 Å². The summed E-state index contributed by atoms with van der Waals surface area (Å²) in [4.78, 5) is 4.18. The van der Waals surface area contributed by atoms with E-state index in [9.17, 15) is 5.11 Å². The van der Waals surface area contributed by atoms with E-state index in [0.717, 1.165) is 15.9 Å². The third-order valence-electron chi connectivity index (χ3n) is 3.45. The van der Waals surface area contributed by atoms with Gasteiger partial charge in [0.15, 0.2) is 0 Å². The maximum Gasteiger partial charge on any atom is 0.138 e. The highest BCUT2D eigenvalue weighted by Gasteiger charge is 2.30. The minimum atomic E-state index is -0.706. The lowest BCUT2D eigenvalue weighted by Gasteiger charge is -2.18. The van der Waals surface area contributed by atoms with Crippen LogP contribution in [0.5, 0.6) is 0 Å². The van der Waals surface area contributed by atoms with Crippen molar-refractivity contribution < 1.29 is 5.11 Å². The summed E-state index contributed by atoms with van der Waals surface area (Å²) in [5, 5.41) is 15.0. The molecule has 0 bridgehead atoms. The molecular formula is C13H17BrN4O.